The van der Waals surface area contributed by atoms with Gasteiger partial charge < -0.3 is 5.32 Å². The van der Waals surface area contributed by atoms with Crippen molar-refractivity contribution < 1.29 is 4.79 Å². The van der Waals surface area contributed by atoms with Crippen molar-refractivity contribution in [3.63, 3.8) is 0 Å². The molecule has 1 amide bonds. The lowest BCUT2D eigenvalue weighted by molar-refractivity contribution is -0.118. The van der Waals surface area contributed by atoms with Crippen LogP contribution in [0, 0.1) is 5.92 Å². The van der Waals surface area contributed by atoms with Gasteiger partial charge in [0.25, 0.3) is 0 Å². The predicted molar refractivity (Wildman–Crippen MR) is 107 cm³/mol. The van der Waals surface area contributed by atoms with Gasteiger partial charge in [-0.15, -0.1) is 0 Å². The Bertz CT molecular complexity index is 906. The first-order chi connectivity index (χ1) is 12.7. The molecule has 134 valence electrons. The van der Waals surface area contributed by atoms with Gasteiger partial charge in [-0.3, -0.25) is 4.79 Å². The SMILES string of the molecule is O=C(Nc1nc2ccc(Cl)nc2s1)[C@H](CC1CCCC1)c1ccccc1. The second-order valence-electron chi connectivity index (χ2n) is 6.82. The van der Waals surface area contributed by atoms with Crippen LogP contribution in [0.15, 0.2) is 42.5 Å². The number of benzene rings is 1. The molecule has 0 spiro atoms. The van der Waals surface area contributed by atoms with Gasteiger partial charge in [0.1, 0.15) is 15.5 Å². The molecule has 6 heteroatoms. The number of hydrogen-bond donors (Lipinski definition) is 1. The van der Waals surface area contributed by atoms with E-state index >= 15 is 0 Å². The summed E-state index contributed by atoms with van der Waals surface area (Å²) in [5.41, 5.74) is 1.82. The summed E-state index contributed by atoms with van der Waals surface area (Å²) in [5, 5.41) is 4.02. The molecule has 26 heavy (non-hydrogen) atoms. The van der Waals surface area contributed by atoms with Crippen molar-refractivity contribution in [1.29, 1.82) is 0 Å². The first-order valence-corrected chi connectivity index (χ1v) is 10.2. The van der Waals surface area contributed by atoms with E-state index in [1.54, 1.807) is 6.07 Å². The molecule has 1 fully saturated rings. The highest BCUT2D eigenvalue weighted by molar-refractivity contribution is 7.22. The molecule has 0 bridgehead atoms. The molecule has 1 aliphatic carbocycles. The van der Waals surface area contributed by atoms with Crippen molar-refractivity contribution in [2.24, 2.45) is 5.92 Å². The van der Waals surface area contributed by atoms with Gasteiger partial charge in [0, 0.05) is 0 Å². The molecule has 3 aromatic rings. The molecular weight excluding hydrogens is 366 g/mol. The monoisotopic (exact) mass is 385 g/mol. The highest BCUT2D eigenvalue weighted by Gasteiger charge is 2.27. The topological polar surface area (TPSA) is 54.9 Å². The Kier molecular flexibility index (Phi) is 5.18. The minimum absolute atomic E-state index is 0.00764. The second kappa shape index (κ2) is 7.72. The van der Waals surface area contributed by atoms with E-state index in [2.05, 4.69) is 15.3 Å². The number of amides is 1. The van der Waals surface area contributed by atoms with Gasteiger partial charge in [-0.25, -0.2) is 9.97 Å². The average Bonchev–Trinajstić information content (AvgIpc) is 3.29. The van der Waals surface area contributed by atoms with Crippen LogP contribution in [0.4, 0.5) is 5.13 Å². The van der Waals surface area contributed by atoms with E-state index in [1.807, 2.05) is 36.4 Å². The van der Waals surface area contributed by atoms with E-state index in [0.717, 1.165) is 22.3 Å². The van der Waals surface area contributed by atoms with Crippen molar-refractivity contribution in [3.05, 3.63) is 53.2 Å². The van der Waals surface area contributed by atoms with Crippen molar-refractivity contribution >= 4 is 44.3 Å². The number of halogens is 1. The molecule has 0 unspecified atom stereocenters. The van der Waals surface area contributed by atoms with E-state index in [0.29, 0.717) is 16.2 Å². The first kappa shape index (κ1) is 17.4. The molecule has 1 N–H and O–H groups in total. The zero-order valence-corrected chi connectivity index (χ0v) is 15.9. The summed E-state index contributed by atoms with van der Waals surface area (Å²) in [4.78, 5) is 22.5. The van der Waals surface area contributed by atoms with Crippen molar-refractivity contribution in [2.45, 2.75) is 38.0 Å². The molecule has 0 saturated heterocycles. The van der Waals surface area contributed by atoms with E-state index < -0.39 is 0 Å². The van der Waals surface area contributed by atoms with Gasteiger partial charge in [0.2, 0.25) is 5.91 Å². The predicted octanol–water partition coefficient (Wildman–Crippen LogP) is 5.65. The van der Waals surface area contributed by atoms with Gasteiger partial charge in [-0.05, 0) is 30.0 Å². The fourth-order valence-electron chi connectivity index (χ4n) is 3.70. The minimum Gasteiger partial charge on any atom is -0.301 e. The third-order valence-corrected chi connectivity index (χ3v) is 6.10. The first-order valence-electron chi connectivity index (χ1n) is 8.98. The van der Waals surface area contributed by atoms with Crippen LogP contribution in [-0.2, 0) is 4.79 Å². The summed E-state index contributed by atoms with van der Waals surface area (Å²) in [6.45, 7) is 0. The summed E-state index contributed by atoms with van der Waals surface area (Å²) < 4.78 is 0. The smallest absolute Gasteiger partial charge is 0.233 e. The van der Waals surface area contributed by atoms with Crippen LogP contribution >= 0.6 is 22.9 Å². The maximum atomic E-state index is 13.1. The Balaban J connectivity index is 1.56. The van der Waals surface area contributed by atoms with E-state index in [-0.39, 0.29) is 11.8 Å². The lowest BCUT2D eigenvalue weighted by Gasteiger charge is -2.20. The van der Waals surface area contributed by atoms with Crippen LogP contribution in [0.5, 0.6) is 0 Å². The zero-order chi connectivity index (χ0) is 17.9. The summed E-state index contributed by atoms with van der Waals surface area (Å²) in [7, 11) is 0. The summed E-state index contributed by atoms with van der Waals surface area (Å²) in [5.74, 6) is 0.484. The minimum atomic E-state index is -0.150. The number of aromatic nitrogens is 2. The molecule has 0 radical (unpaired) electrons. The van der Waals surface area contributed by atoms with Crippen molar-refractivity contribution in [3.8, 4) is 0 Å². The van der Waals surface area contributed by atoms with Crippen LogP contribution in [0.25, 0.3) is 10.3 Å². The maximum Gasteiger partial charge on any atom is 0.233 e. The third-order valence-electron chi connectivity index (χ3n) is 5.01. The number of anilines is 1. The van der Waals surface area contributed by atoms with E-state index in [1.165, 1.54) is 37.0 Å². The van der Waals surface area contributed by atoms with E-state index in [4.69, 9.17) is 11.6 Å². The number of nitrogens with one attached hydrogen (secondary N) is 1. The largest absolute Gasteiger partial charge is 0.301 e. The number of fused-ring (bicyclic) bond motifs is 1. The summed E-state index contributed by atoms with van der Waals surface area (Å²) >= 11 is 7.30. The molecular formula is C20H20ClN3OS. The van der Waals surface area contributed by atoms with Crippen LogP contribution in [-0.4, -0.2) is 15.9 Å². The standard InChI is InChI=1S/C20H20ClN3OS/c21-17-11-10-16-19(23-17)26-20(22-16)24-18(25)15(12-13-6-4-5-7-13)14-8-2-1-3-9-14/h1-3,8-11,13,15H,4-7,12H2,(H,22,24,25)/t15-/m1/s1. The number of nitrogens with zero attached hydrogens (tertiary/aromatic N) is 2. The molecule has 4 nitrogen and oxygen atoms in total. The molecule has 2 heterocycles. The fourth-order valence-corrected chi connectivity index (χ4v) is 4.74. The lowest BCUT2D eigenvalue weighted by Crippen LogP contribution is -2.23. The van der Waals surface area contributed by atoms with Crippen LogP contribution in [0.2, 0.25) is 5.15 Å². The van der Waals surface area contributed by atoms with Crippen LogP contribution < -0.4 is 5.32 Å². The molecule has 1 atom stereocenters. The van der Waals surface area contributed by atoms with Gasteiger partial charge in [0.05, 0.1) is 5.92 Å². The number of carbonyl (C=O) groups excluding carboxylic acids is 1. The Morgan fingerprint density at radius 2 is 1.92 bits per heavy atom. The fraction of sp³-hybridized carbons (Fsp3) is 0.350. The summed E-state index contributed by atoms with van der Waals surface area (Å²) in [6.07, 6.45) is 5.89. The third kappa shape index (κ3) is 3.89. The lowest BCUT2D eigenvalue weighted by atomic mass is 9.87. The quantitative estimate of drug-likeness (QED) is 0.577. The molecule has 1 aliphatic rings. The number of pyridine rings is 1. The second-order valence-corrected chi connectivity index (χ2v) is 8.18. The number of carbonyl (C=O) groups is 1. The van der Waals surface area contributed by atoms with Gasteiger partial charge in [0.15, 0.2) is 5.13 Å². The molecule has 4 rings (SSSR count). The number of thiazole rings is 1. The Morgan fingerprint density at radius 3 is 2.69 bits per heavy atom. The Labute approximate surface area is 161 Å². The molecule has 1 saturated carbocycles. The Hall–Kier alpha value is -1.98. The van der Waals surface area contributed by atoms with Gasteiger partial charge >= 0.3 is 0 Å². The van der Waals surface area contributed by atoms with Crippen molar-refractivity contribution in [2.75, 3.05) is 5.32 Å². The zero-order valence-electron chi connectivity index (χ0n) is 14.3. The normalized spacial score (nSPS) is 16.0. The highest BCUT2D eigenvalue weighted by atomic mass is 35.5. The molecule has 1 aromatic carbocycles. The van der Waals surface area contributed by atoms with Crippen molar-refractivity contribution in [1.82, 2.24) is 9.97 Å². The van der Waals surface area contributed by atoms with E-state index in [9.17, 15) is 4.79 Å². The molecule has 0 aliphatic heterocycles. The number of hydrogen-bond acceptors (Lipinski definition) is 4. The molecule has 2 aromatic heterocycles. The van der Waals surface area contributed by atoms with Crippen LogP contribution in [0.1, 0.15) is 43.6 Å². The maximum absolute atomic E-state index is 13.1. The average molecular weight is 386 g/mol. The van der Waals surface area contributed by atoms with Gasteiger partial charge in [-0.1, -0.05) is 79.0 Å². The highest BCUT2D eigenvalue weighted by Crippen LogP contribution is 2.35. The Morgan fingerprint density at radius 1 is 1.15 bits per heavy atom. The van der Waals surface area contributed by atoms with Gasteiger partial charge in [-0.2, -0.15) is 0 Å². The van der Waals surface area contributed by atoms with Crippen LogP contribution in [0.3, 0.4) is 0 Å². The summed E-state index contributed by atoms with van der Waals surface area (Å²) in [6, 6.07) is 13.6. The number of rotatable bonds is 5.